The Balaban J connectivity index is 2.36. The molecule has 0 aliphatic carbocycles. The maximum atomic E-state index is 13.1. The second kappa shape index (κ2) is 5.02. The highest BCUT2D eigenvalue weighted by atomic mass is 79.9. The zero-order chi connectivity index (χ0) is 13.3. The number of hydrogen-bond donors (Lipinski definition) is 0. The van der Waals surface area contributed by atoms with Crippen LogP contribution in [0.5, 0.6) is 11.6 Å². The minimum absolute atomic E-state index is 0.325. The molecule has 0 saturated heterocycles. The van der Waals surface area contributed by atoms with Crippen molar-refractivity contribution in [3.63, 3.8) is 0 Å². The van der Waals surface area contributed by atoms with Crippen molar-refractivity contribution in [1.29, 1.82) is 0 Å². The highest BCUT2D eigenvalue weighted by Crippen LogP contribution is 2.27. The molecule has 2 rings (SSSR count). The highest BCUT2D eigenvalue weighted by molar-refractivity contribution is 9.10. The summed E-state index contributed by atoms with van der Waals surface area (Å²) in [7, 11) is 0. The van der Waals surface area contributed by atoms with Gasteiger partial charge in [-0.15, -0.1) is 0 Å². The molecule has 0 amide bonds. The van der Waals surface area contributed by atoms with E-state index in [2.05, 4.69) is 25.9 Å². The predicted molar refractivity (Wildman–Crippen MR) is 70.4 cm³/mol. The maximum Gasteiger partial charge on any atom is 0.225 e. The topological polar surface area (TPSA) is 35.0 Å². The monoisotopic (exact) mass is 310 g/mol. The van der Waals surface area contributed by atoms with Crippen molar-refractivity contribution in [1.82, 2.24) is 9.97 Å². The van der Waals surface area contributed by atoms with Crippen molar-refractivity contribution in [2.24, 2.45) is 0 Å². The van der Waals surface area contributed by atoms with Gasteiger partial charge in [-0.05, 0) is 54.9 Å². The summed E-state index contributed by atoms with van der Waals surface area (Å²) >= 11 is 3.12. The zero-order valence-electron chi connectivity index (χ0n) is 10.3. The average molecular weight is 311 g/mol. The van der Waals surface area contributed by atoms with Crippen LogP contribution >= 0.6 is 15.9 Å². The second-order valence-corrected chi connectivity index (χ2v) is 4.82. The number of aromatic nitrogens is 2. The molecule has 0 bridgehead atoms. The van der Waals surface area contributed by atoms with Crippen LogP contribution in [-0.2, 0) is 0 Å². The first kappa shape index (κ1) is 13.0. The number of halogens is 2. The molecule has 94 valence electrons. The maximum absolute atomic E-state index is 13.1. The molecule has 1 aromatic carbocycles. The third-order valence-corrected chi connectivity index (χ3v) is 3.17. The van der Waals surface area contributed by atoms with Gasteiger partial charge < -0.3 is 4.74 Å². The Hall–Kier alpha value is -1.49. The lowest BCUT2D eigenvalue weighted by atomic mass is 10.2. The number of rotatable bonds is 2. The Morgan fingerprint density at radius 3 is 2.56 bits per heavy atom. The molecule has 5 heteroatoms. The molecule has 0 aliphatic rings. The van der Waals surface area contributed by atoms with Crippen molar-refractivity contribution in [2.75, 3.05) is 0 Å². The molecule has 0 atom stereocenters. The summed E-state index contributed by atoms with van der Waals surface area (Å²) < 4.78 is 19.1. The molecule has 0 aliphatic heterocycles. The first-order valence-corrected chi connectivity index (χ1v) is 6.21. The molecule has 0 N–H and O–H groups in total. The van der Waals surface area contributed by atoms with E-state index in [1.54, 1.807) is 19.1 Å². The second-order valence-electron chi connectivity index (χ2n) is 3.96. The SMILES string of the molecule is Cc1nc(C)c(C)c(Oc2ccc(F)c(Br)c2)n1. The van der Waals surface area contributed by atoms with E-state index in [0.29, 0.717) is 21.9 Å². The van der Waals surface area contributed by atoms with Crippen LogP contribution in [0.25, 0.3) is 0 Å². The van der Waals surface area contributed by atoms with E-state index < -0.39 is 0 Å². The Labute approximate surface area is 113 Å². The van der Waals surface area contributed by atoms with Gasteiger partial charge in [0.25, 0.3) is 0 Å². The summed E-state index contributed by atoms with van der Waals surface area (Å²) in [4.78, 5) is 8.49. The lowest BCUT2D eigenvalue weighted by molar-refractivity contribution is 0.452. The van der Waals surface area contributed by atoms with Gasteiger partial charge in [0.1, 0.15) is 17.4 Å². The van der Waals surface area contributed by atoms with Crippen molar-refractivity contribution in [3.8, 4) is 11.6 Å². The van der Waals surface area contributed by atoms with E-state index in [0.717, 1.165) is 11.3 Å². The van der Waals surface area contributed by atoms with Gasteiger partial charge in [0.05, 0.1) is 4.47 Å². The van der Waals surface area contributed by atoms with Crippen LogP contribution in [0.15, 0.2) is 22.7 Å². The molecule has 0 fully saturated rings. The van der Waals surface area contributed by atoms with Gasteiger partial charge in [0.2, 0.25) is 5.88 Å². The Morgan fingerprint density at radius 2 is 1.89 bits per heavy atom. The van der Waals surface area contributed by atoms with Gasteiger partial charge in [-0.3, -0.25) is 0 Å². The van der Waals surface area contributed by atoms with Crippen LogP contribution in [0.1, 0.15) is 17.1 Å². The number of ether oxygens (including phenoxy) is 1. The molecule has 18 heavy (non-hydrogen) atoms. The van der Waals surface area contributed by atoms with Crippen LogP contribution < -0.4 is 4.74 Å². The summed E-state index contributed by atoms with van der Waals surface area (Å²) in [5.41, 5.74) is 1.75. The first-order valence-electron chi connectivity index (χ1n) is 5.42. The van der Waals surface area contributed by atoms with Crippen molar-refractivity contribution >= 4 is 15.9 Å². The first-order chi connectivity index (χ1) is 8.47. The molecular formula is C13H12BrFN2O. The lowest BCUT2D eigenvalue weighted by Gasteiger charge is -2.10. The standard InChI is InChI=1S/C13H12BrFN2O/c1-7-8(2)16-9(3)17-13(7)18-10-4-5-12(15)11(14)6-10/h4-6H,1-3H3. The van der Waals surface area contributed by atoms with E-state index in [4.69, 9.17) is 4.74 Å². The Morgan fingerprint density at radius 1 is 1.17 bits per heavy atom. The molecular weight excluding hydrogens is 299 g/mol. The molecule has 0 spiro atoms. The van der Waals surface area contributed by atoms with Crippen molar-refractivity contribution in [3.05, 3.63) is 45.6 Å². The fourth-order valence-electron chi connectivity index (χ4n) is 1.49. The predicted octanol–water partition coefficient (Wildman–Crippen LogP) is 4.10. The van der Waals surface area contributed by atoms with E-state index in [9.17, 15) is 4.39 Å². The Bertz CT molecular complexity index is 602. The molecule has 0 radical (unpaired) electrons. The van der Waals surface area contributed by atoms with E-state index in [-0.39, 0.29) is 5.82 Å². The van der Waals surface area contributed by atoms with Crippen molar-refractivity contribution in [2.45, 2.75) is 20.8 Å². The van der Waals surface area contributed by atoms with Gasteiger partial charge in [-0.1, -0.05) is 0 Å². The largest absolute Gasteiger partial charge is 0.439 e. The van der Waals surface area contributed by atoms with Gasteiger partial charge in [-0.25, -0.2) is 9.37 Å². The number of hydrogen-bond acceptors (Lipinski definition) is 3. The average Bonchev–Trinajstić information content (AvgIpc) is 2.30. The van der Waals surface area contributed by atoms with Gasteiger partial charge in [0, 0.05) is 11.3 Å². The summed E-state index contributed by atoms with van der Waals surface area (Å²) in [5, 5.41) is 0. The van der Waals surface area contributed by atoms with Crippen LogP contribution in [0.2, 0.25) is 0 Å². The molecule has 3 nitrogen and oxygen atoms in total. The molecule has 1 aromatic heterocycles. The van der Waals surface area contributed by atoms with E-state index >= 15 is 0 Å². The molecule has 0 unspecified atom stereocenters. The van der Waals surface area contributed by atoms with Gasteiger partial charge >= 0.3 is 0 Å². The smallest absolute Gasteiger partial charge is 0.225 e. The third kappa shape index (κ3) is 2.67. The van der Waals surface area contributed by atoms with Crippen LogP contribution in [0.3, 0.4) is 0 Å². The number of nitrogens with zero attached hydrogens (tertiary/aromatic N) is 2. The van der Waals surface area contributed by atoms with Gasteiger partial charge in [0.15, 0.2) is 0 Å². The quantitative estimate of drug-likeness (QED) is 0.837. The molecule has 2 aromatic rings. The third-order valence-electron chi connectivity index (χ3n) is 2.56. The fraction of sp³-hybridized carbons (Fsp3) is 0.231. The molecule has 0 saturated carbocycles. The van der Waals surface area contributed by atoms with E-state index in [1.807, 2.05) is 13.8 Å². The Kier molecular flexibility index (Phi) is 3.61. The summed E-state index contributed by atoms with van der Waals surface area (Å²) in [6, 6.07) is 4.48. The number of aryl methyl sites for hydroxylation is 2. The number of benzene rings is 1. The minimum Gasteiger partial charge on any atom is -0.439 e. The summed E-state index contributed by atoms with van der Waals surface area (Å²) in [6.07, 6.45) is 0. The van der Waals surface area contributed by atoms with Gasteiger partial charge in [-0.2, -0.15) is 4.98 Å². The lowest BCUT2D eigenvalue weighted by Crippen LogP contribution is -1.99. The van der Waals surface area contributed by atoms with Crippen LogP contribution in [-0.4, -0.2) is 9.97 Å². The fourth-order valence-corrected chi connectivity index (χ4v) is 1.85. The zero-order valence-corrected chi connectivity index (χ0v) is 11.9. The van der Waals surface area contributed by atoms with Crippen molar-refractivity contribution < 1.29 is 9.13 Å². The highest BCUT2D eigenvalue weighted by Gasteiger charge is 2.09. The molecule has 1 heterocycles. The summed E-state index contributed by atoms with van der Waals surface area (Å²) in [6.45, 7) is 5.60. The normalized spacial score (nSPS) is 10.5. The van der Waals surface area contributed by atoms with Crippen LogP contribution in [0, 0.1) is 26.6 Å². The summed E-state index contributed by atoms with van der Waals surface area (Å²) in [5.74, 6) is 1.35. The van der Waals surface area contributed by atoms with Crippen LogP contribution in [0.4, 0.5) is 4.39 Å². The minimum atomic E-state index is -0.325. The van der Waals surface area contributed by atoms with E-state index in [1.165, 1.54) is 6.07 Å².